The Morgan fingerprint density at radius 3 is 2.56 bits per heavy atom. The van der Waals surface area contributed by atoms with Crippen molar-refractivity contribution >= 4 is 35.0 Å². The van der Waals surface area contributed by atoms with Gasteiger partial charge in [0.15, 0.2) is 0 Å². The van der Waals surface area contributed by atoms with Crippen LogP contribution < -0.4 is 15.4 Å². The van der Waals surface area contributed by atoms with Gasteiger partial charge in [-0.3, -0.25) is 9.59 Å². The van der Waals surface area contributed by atoms with Crippen LogP contribution in [0.4, 0.5) is 11.4 Å². The molecule has 0 aliphatic carbocycles. The van der Waals surface area contributed by atoms with E-state index in [1.165, 1.54) is 11.8 Å². The molecule has 1 atom stereocenters. The molecule has 2 aromatic carbocycles. The van der Waals surface area contributed by atoms with E-state index in [2.05, 4.69) is 17.6 Å². The van der Waals surface area contributed by atoms with Crippen LogP contribution in [0, 0.1) is 6.92 Å². The van der Waals surface area contributed by atoms with Gasteiger partial charge in [-0.05, 0) is 43.5 Å². The van der Waals surface area contributed by atoms with Crippen LogP contribution in [0.5, 0.6) is 5.75 Å². The molecular formula is C21H26N2O3S. The fraction of sp³-hybridized carbons (Fsp3) is 0.333. The summed E-state index contributed by atoms with van der Waals surface area (Å²) in [6.45, 7) is 5.85. The average Bonchev–Trinajstić information content (AvgIpc) is 2.67. The fourth-order valence-electron chi connectivity index (χ4n) is 2.64. The molecule has 2 amide bonds. The molecule has 0 unspecified atom stereocenters. The first-order valence-electron chi connectivity index (χ1n) is 8.90. The number of anilines is 2. The first-order chi connectivity index (χ1) is 13.0. The molecule has 144 valence electrons. The summed E-state index contributed by atoms with van der Waals surface area (Å²) in [5, 5.41) is 5.48. The van der Waals surface area contributed by atoms with Crippen LogP contribution in [0.25, 0.3) is 0 Å². The number of hydrogen-bond acceptors (Lipinski definition) is 4. The molecule has 0 fully saturated rings. The first-order valence-corrected chi connectivity index (χ1v) is 9.95. The first kappa shape index (κ1) is 20.8. The molecule has 2 rings (SSSR count). The summed E-state index contributed by atoms with van der Waals surface area (Å²) in [5.41, 5.74) is 3.63. The zero-order valence-corrected chi connectivity index (χ0v) is 17.0. The Hall–Kier alpha value is -2.47. The summed E-state index contributed by atoms with van der Waals surface area (Å²) >= 11 is 1.30. The summed E-state index contributed by atoms with van der Waals surface area (Å²) in [4.78, 5) is 24.7. The number of hydrogen-bond donors (Lipinski definition) is 2. The Kier molecular flexibility index (Phi) is 7.73. The number of ether oxygens (including phenoxy) is 1. The minimum atomic E-state index is -0.349. The number of carbonyl (C=O) groups is 2. The van der Waals surface area contributed by atoms with Gasteiger partial charge in [-0.25, -0.2) is 0 Å². The molecule has 0 aliphatic heterocycles. The zero-order valence-electron chi connectivity index (χ0n) is 16.2. The molecule has 0 radical (unpaired) electrons. The normalized spacial score (nSPS) is 11.6. The molecule has 5 nitrogen and oxygen atoms in total. The maximum absolute atomic E-state index is 12.5. The van der Waals surface area contributed by atoms with Gasteiger partial charge in [0.2, 0.25) is 11.8 Å². The number of methoxy groups -OCH3 is 1. The summed E-state index contributed by atoms with van der Waals surface area (Å²) < 4.78 is 5.22. The second-order valence-electron chi connectivity index (χ2n) is 6.15. The third-order valence-electron chi connectivity index (χ3n) is 4.20. The summed E-state index contributed by atoms with van der Waals surface area (Å²) in [7, 11) is 1.56. The molecule has 0 aliphatic rings. The van der Waals surface area contributed by atoms with Gasteiger partial charge < -0.3 is 15.4 Å². The van der Waals surface area contributed by atoms with Gasteiger partial charge in [0.25, 0.3) is 0 Å². The van der Waals surface area contributed by atoms with Crippen molar-refractivity contribution in [2.45, 2.75) is 32.4 Å². The maximum atomic E-state index is 12.5. The highest BCUT2D eigenvalue weighted by Crippen LogP contribution is 2.25. The van der Waals surface area contributed by atoms with Gasteiger partial charge in [0.1, 0.15) is 5.75 Å². The number of amides is 2. The Morgan fingerprint density at radius 1 is 1.11 bits per heavy atom. The molecule has 0 spiro atoms. The van der Waals surface area contributed by atoms with E-state index in [0.29, 0.717) is 11.4 Å². The predicted octanol–water partition coefficient (Wildman–Crippen LogP) is 4.26. The van der Waals surface area contributed by atoms with Gasteiger partial charge in [-0.2, -0.15) is 0 Å². The van der Waals surface area contributed by atoms with Crippen molar-refractivity contribution in [1.82, 2.24) is 0 Å². The molecule has 6 heteroatoms. The van der Waals surface area contributed by atoms with E-state index >= 15 is 0 Å². The number of benzene rings is 2. The van der Waals surface area contributed by atoms with Crippen LogP contribution in [0.1, 0.15) is 25.0 Å². The molecule has 0 saturated heterocycles. The van der Waals surface area contributed by atoms with Crippen LogP contribution >= 0.6 is 11.8 Å². The molecule has 0 saturated carbocycles. The zero-order chi connectivity index (χ0) is 19.8. The van der Waals surface area contributed by atoms with E-state index in [0.717, 1.165) is 23.2 Å². The van der Waals surface area contributed by atoms with Crippen LogP contribution in [0.3, 0.4) is 0 Å². The van der Waals surface area contributed by atoms with E-state index in [-0.39, 0.29) is 22.8 Å². The van der Waals surface area contributed by atoms with Crippen molar-refractivity contribution < 1.29 is 14.3 Å². The molecule has 0 aromatic heterocycles. The maximum Gasteiger partial charge on any atom is 0.237 e. The second-order valence-corrected chi connectivity index (χ2v) is 7.48. The highest BCUT2D eigenvalue weighted by atomic mass is 32.2. The fourth-order valence-corrected chi connectivity index (χ4v) is 3.32. The van der Waals surface area contributed by atoms with Gasteiger partial charge in [0, 0.05) is 5.69 Å². The van der Waals surface area contributed by atoms with E-state index in [4.69, 9.17) is 4.74 Å². The highest BCUT2D eigenvalue weighted by Gasteiger charge is 2.18. The SMILES string of the molecule is CCc1cccc(C)c1NC(=O)[C@H](C)SCC(=O)Nc1ccccc1OC. The second kappa shape index (κ2) is 10.0. The average molecular weight is 387 g/mol. The Bertz CT molecular complexity index is 808. The number of nitrogens with one attached hydrogen (secondary N) is 2. The van der Waals surface area contributed by atoms with Crippen molar-refractivity contribution in [3.63, 3.8) is 0 Å². The van der Waals surface area contributed by atoms with E-state index < -0.39 is 0 Å². The van der Waals surface area contributed by atoms with Crippen LogP contribution in [-0.2, 0) is 16.0 Å². The Morgan fingerprint density at radius 2 is 1.85 bits per heavy atom. The lowest BCUT2D eigenvalue weighted by atomic mass is 10.1. The molecule has 27 heavy (non-hydrogen) atoms. The molecule has 2 N–H and O–H groups in total. The number of para-hydroxylation sites is 3. The van der Waals surface area contributed by atoms with Crippen molar-refractivity contribution in [3.8, 4) is 5.75 Å². The lowest BCUT2D eigenvalue weighted by Gasteiger charge is -2.16. The third kappa shape index (κ3) is 5.76. The van der Waals surface area contributed by atoms with E-state index in [9.17, 15) is 9.59 Å². The summed E-state index contributed by atoms with van der Waals surface area (Å²) in [6.07, 6.45) is 0.847. The van der Waals surface area contributed by atoms with Crippen molar-refractivity contribution in [3.05, 3.63) is 53.6 Å². The van der Waals surface area contributed by atoms with Crippen molar-refractivity contribution in [2.24, 2.45) is 0 Å². The minimum Gasteiger partial charge on any atom is -0.495 e. The largest absolute Gasteiger partial charge is 0.495 e. The van der Waals surface area contributed by atoms with Gasteiger partial charge >= 0.3 is 0 Å². The quantitative estimate of drug-likeness (QED) is 0.711. The Labute approximate surface area is 164 Å². The smallest absolute Gasteiger partial charge is 0.237 e. The molecule has 0 heterocycles. The standard InChI is InChI=1S/C21H26N2O3S/c1-5-16-10-8-9-14(2)20(16)23-21(25)15(3)27-13-19(24)22-17-11-6-7-12-18(17)26-4/h6-12,15H,5,13H2,1-4H3,(H,22,24)(H,23,25)/t15-/m0/s1. The van der Waals surface area contributed by atoms with Crippen molar-refractivity contribution in [2.75, 3.05) is 23.5 Å². The van der Waals surface area contributed by atoms with Gasteiger partial charge in [-0.15, -0.1) is 11.8 Å². The Balaban J connectivity index is 1.90. The minimum absolute atomic E-state index is 0.103. The van der Waals surface area contributed by atoms with Crippen molar-refractivity contribution in [1.29, 1.82) is 0 Å². The van der Waals surface area contributed by atoms with Gasteiger partial charge in [0.05, 0.1) is 23.8 Å². The molecule has 0 bridgehead atoms. The summed E-state index contributed by atoms with van der Waals surface area (Å²) in [6, 6.07) is 13.2. The monoisotopic (exact) mass is 386 g/mol. The lowest BCUT2D eigenvalue weighted by molar-refractivity contribution is -0.115. The predicted molar refractivity (Wildman–Crippen MR) is 113 cm³/mol. The topological polar surface area (TPSA) is 67.4 Å². The number of aryl methyl sites for hydroxylation is 2. The number of rotatable bonds is 8. The van der Waals surface area contributed by atoms with E-state index in [1.54, 1.807) is 26.2 Å². The van der Waals surface area contributed by atoms with Crippen LogP contribution in [-0.4, -0.2) is 29.9 Å². The lowest BCUT2D eigenvalue weighted by Crippen LogP contribution is -2.26. The third-order valence-corrected chi connectivity index (χ3v) is 5.35. The van der Waals surface area contributed by atoms with Gasteiger partial charge in [-0.1, -0.05) is 37.3 Å². The van der Waals surface area contributed by atoms with E-state index in [1.807, 2.05) is 37.3 Å². The number of thioether (sulfide) groups is 1. The summed E-state index contributed by atoms with van der Waals surface area (Å²) in [5.74, 6) is 0.512. The number of carbonyl (C=O) groups excluding carboxylic acids is 2. The molecular weight excluding hydrogens is 360 g/mol. The van der Waals surface area contributed by atoms with Crippen LogP contribution in [0.15, 0.2) is 42.5 Å². The highest BCUT2D eigenvalue weighted by molar-refractivity contribution is 8.01. The molecule has 2 aromatic rings. The van der Waals surface area contributed by atoms with Crippen LogP contribution in [0.2, 0.25) is 0 Å².